The fraction of sp³-hybridized carbons (Fsp3) is 0.308. The monoisotopic (exact) mass is 531 g/mol. The number of thiophene rings is 1. The van der Waals surface area contributed by atoms with E-state index >= 15 is 0 Å². The fourth-order valence-corrected chi connectivity index (χ4v) is 5.63. The fourth-order valence-electron chi connectivity index (χ4n) is 5.01. The van der Waals surface area contributed by atoms with Gasteiger partial charge in [-0.1, -0.05) is 31.4 Å². The lowest BCUT2D eigenvalue weighted by atomic mass is 9.72. The van der Waals surface area contributed by atoms with Crippen LogP contribution in [0.25, 0.3) is 0 Å². The van der Waals surface area contributed by atoms with Gasteiger partial charge in [0.1, 0.15) is 25.3 Å². The number of fused-ring (bicyclic) bond motifs is 1. The molecule has 38 heavy (non-hydrogen) atoms. The molecule has 2 amide bonds. The summed E-state index contributed by atoms with van der Waals surface area (Å²) in [6.45, 7) is 4.05. The van der Waals surface area contributed by atoms with Gasteiger partial charge in [0.05, 0.1) is 25.3 Å². The molecule has 0 fully saturated rings. The molecule has 0 saturated heterocycles. The van der Waals surface area contributed by atoms with Crippen LogP contribution in [-0.4, -0.2) is 49.4 Å². The minimum atomic E-state index is -0.658. The van der Waals surface area contributed by atoms with Crippen LogP contribution in [-0.2, 0) is 4.79 Å². The van der Waals surface area contributed by atoms with Gasteiger partial charge in [0.2, 0.25) is 0 Å². The maximum atomic E-state index is 13.5. The van der Waals surface area contributed by atoms with Gasteiger partial charge in [-0.2, -0.15) is 5.10 Å². The summed E-state index contributed by atoms with van der Waals surface area (Å²) >= 11 is 1.26. The molecule has 1 aliphatic carbocycles. The third-order valence-electron chi connectivity index (χ3n) is 6.63. The van der Waals surface area contributed by atoms with Crippen LogP contribution < -0.4 is 31.1 Å². The summed E-state index contributed by atoms with van der Waals surface area (Å²) in [6.07, 6.45) is 2.36. The van der Waals surface area contributed by atoms with Crippen LogP contribution in [0.4, 0.5) is 5.82 Å². The first-order valence-electron chi connectivity index (χ1n) is 11.9. The first-order valence-corrected chi connectivity index (χ1v) is 12.8. The van der Waals surface area contributed by atoms with E-state index in [-0.39, 0.29) is 16.8 Å². The molecule has 12 heteroatoms. The standard InChI is InChI=1S/C26H26BN5O5S/c1-26(2)10-16-20(17(33)11-26)21(13-8-15(27)22(37-4)18(9-13)36-3)32-23(29-16)14(12-28-32)24(34)30-31-25(35)19-6-5-7-38-19/h5-9,12,21,29H,10-11H2,1-4H3,(H,30,34)(H,31,35). The number of Topliss-reactive ketones (excluding diaryl/α,β-unsaturated/α-hetero) is 1. The average Bonchev–Trinajstić information content (AvgIpc) is 3.55. The molecule has 1 aliphatic heterocycles. The molecule has 3 aromatic rings. The summed E-state index contributed by atoms with van der Waals surface area (Å²) in [5, 5.41) is 9.55. The topological polar surface area (TPSA) is 124 Å². The molecular formula is C26H26BN5O5S. The lowest BCUT2D eigenvalue weighted by molar-refractivity contribution is -0.118. The first-order chi connectivity index (χ1) is 18.1. The summed E-state index contributed by atoms with van der Waals surface area (Å²) in [5.41, 5.74) is 7.09. The van der Waals surface area contributed by atoms with Crippen molar-refractivity contribution in [1.82, 2.24) is 20.6 Å². The number of ether oxygens (including phenoxy) is 2. The molecule has 10 nitrogen and oxygen atoms in total. The molecule has 0 saturated carbocycles. The van der Waals surface area contributed by atoms with Crippen molar-refractivity contribution in [2.24, 2.45) is 5.41 Å². The number of hydrazine groups is 1. The van der Waals surface area contributed by atoms with Gasteiger partial charge in [-0.25, -0.2) is 4.68 Å². The SMILES string of the molecule is [B]c1cc(C2C3=C(CC(C)(C)CC3=O)Nc3c(C(=O)NNC(=O)c4cccs4)cnn32)cc(OC)c1OC. The number of rotatable bonds is 5. The molecule has 0 bridgehead atoms. The number of carbonyl (C=O) groups is 3. The number of benzene rings is 1. The molecule has 3 N–H and O–H groups in total. The highest BCUT2D eigenvalue weighted by Crippen LogP contribution is 2.47. The van der Waals surface area contributed by atoms with E-state index < -0.39 is 17.9 Å². The van der Waals surface area contributed by atoms with Gasteiger partial charge in [0.25, 0.3) is 11.8 Å². The van der Waals surface area contributed by atoms with Crippen molar-refractivity contribution in [3.05, 3.63) is 63.1 Å². The molecule has 2 aromatic heterocycles. The van der Waals surface area contributed by atoms with Crippen LogP contribution in [0.5, 0.6) is 11.5 Å². The molecule has 1 aromatic carbocycles. The van der Waals surface area contributed by atoms with Crippen molar-refractivity contribution in [2.75, 3.05) is 19.5 Å². The lowest BCUT2D eigenvalue weighted by Gasteiger charge is -2.39. The Bertz CT molecular complexity index is 1480. The molecule has 3 heterocycles. The molecule has 1 atom stereocenters. The zero-order valence-electron chi connectivity index (χ0n) is 21.4. The summed E-state index contributed by atoms with van der Waals surface area (Å²) in [4.78, 5) is 39.4. The van der Waals surface area contributed by atoms with Crippen molar-refractivity contribution in [1.29, 1.82) is 0 Å². The first kappa shape index (κ1) is 25.6. The Morgan fingerprint density at radius 2 is 1.95 bits per heavy atom. The summed E-state index contributed by atoms with van der Waals surface area (Å²) in [6, 6.07) is 6.23. The van der Waals surface area contributed by atoms with Crippen molar-refractivity contribution in [3.63, 3.8) is 0 Å². The molecule has 2 aliphatic rings. The van der Waals surface area contributed by atoms with Crippen molar-refractivity contribution in [2.45, 2.75) is 32.7 Å². The maximum Gasteiger partial charge on any atom is 0.279 e. The van der Waals surface area contributed by atoms with Gasteiger partial charge < -0.3 is 14.8 Å². The summed E-state index contributed by atoms with van der Waals surface area (Å²) < 4.78 is 12.5. The highest BCUT2D eigenvalue weighted by Gasteiger charge is 2.42. The second kappa shape index (κ2) is 9.68. The van der Waals surface area contributed by atoms with E-state index in [0.717, 1.165) is 0 Å². The number of amides is 2. The van der Waals surface area contributed by atoms with Gasteiger partial charge in [0.15, 0.2) is 17.3 Å². The average molecular weight is 531 g/mol. The molecule has 2 radical (unpaired) electrons. The Morgan fingerprint density at radius 3 is 2.63 bits per heavy atom. The van der Waals surface area contributed by atoms with Crippen LogP contribution in [0.1, 0.15) is 58.3 Å². The summed E-state index contributed by atoms with van der Waals surface area (Å²) in [7, 11) is 9.30. The minimum Gasteiger partial charge on any atom is -0.493 e. The van der Waals surface area contributed by atoms with Crippen molar-refractivity contribution >= 4 is 48.1 Å². The normalized spacial score (nSPS) is 17.7. The Morgan fingerprint density at radius 1 is 1.18 bits per heavy atom. The maximum absolute atomic E-state index is 13.5. The number of allylic oxidation sites excluding steroid dienone is 2. The lowest BCUT2D eigenvalue weighted by Crippen LogP contribution is -2.42. The number of nitrogens with zero attached hydrogens (tertiary/aromatic N) is 2. The quantitative estimate of drug-likeness (QED) is 0.342. The van der Waals surface area contributed by atoms with E-state index in [2.05, 4.69) is 21.3 Å². The van der Waals surface area contributed by atoms with E-state index in [1.54, 1.807) is 34.3 Å². The number of anilines is 1. The number of hydrogen-bond acceptors (Lipinski definition) is 8. The molecule has 194 valence electrons. The molecule has 5 rings (SSSR count). The predicted molar refractivity (Wildman–Crippen MR) is 143 cm³/mol. The van der Waals surface area contributed by atoms with Gasteiger partial charge in [0, 0.05) is 17.7 Å². The largest absolute Gasteiger partial charge is 0.493 e. The Kier molecular flexibility index (Phi) is 6.52. The van der Waals surface area contributed by atoms with Crippen LogP contribution in [0.15, 0.2) is 47.1 Å². The highest BCUT2D eigenvalue weighted by atomic mass is 32.1. The van der Waals surface area contributed by atoms with Gasteiger partial charge in [-0.3, -0.25) is 25.2 Å². The van der Waals surface area contributed by atoms with Crippen LogP contribution in [0, 0.1) is 5.41 Å². The van der Waals surface area contributed by atoms with E-state index in [4.69, 9.17) is 17.3 Å². The van der Waals surface area contributed by atoms with E-state index in [1.165, 1.54) is 31.8 Å². The second-order valence-corrected chi connectivity index (χ2v) is 10.9. The zero-order valence-corrected chi connectivity index (χ0v) is 22.2. The van der Waals surface area contributed by atoms with Crippen LogP contribution in [0.2, 0.25) is 0 Å². The molecule has 1 unspecified atom stereocenters. The van der Waals surface area contributed by atoms with E-state index in [1.807, 2.05) is 13.8 Å². The number of carbonyl (C=O) groups excluding carboxylic acids is 3. The van der Waals surface area contributed by atoms with E-state index in [0.29, 0.717) is 57.3 Å². The number of nitrogens with one attached hydrogen (secondary N) is 3. The third-order valence-corrected chi connectivity index (χ3v) is 7.50. The Labute approximate surface area is 224 Å². The molecule has 0 spiro atoms. The Balaban J connectivity index is 1.56. The molecular weight excluding hydrogens is 505 g/mol. The van der Waals surface area contributed by atoms with Gasteiger partial charge in [-0.15, -0.1) is 11.3 Å². The number of ketones is 1. The van der Waals surface area contributed by atoms with E-state index in [9.17, 15) is 14.4 Å². The van der Waals surface area contributed by atoms with Crippen molar-refractivity contribution < 1.29 is 23.9 Å². The number of methoxy groups -OCH3 is 2. The highest BCUT2D eigenvalue weighted by molar-refractivity contribution is 7.12. The van der Waals surface area contributed by atoms with Crippen molar-refractivity contribution in [3.8, 4) is 11.5 Å². The van der Waals surface area contributed by atoms with Gasteiger partial charge in [-0.05, 0) is 34.9 Å². The second-order valence-electron chi connectivity index (χ2n) is 9.94. The van der Waals surface area contributed by atoms with Crippen LogP contribution >= 0.6 is 11.3 Å². The zero-order chi connectivity index (χ0) is 27.2. The predicted octanol–water partition coefficient (Wildman–Crippen LogP) is 2.49. The summed E-state index contributed by atoms with van der Waals surface area (Å²) in [5.74, 6) is 0.200. The third kappa shape index (κ3) is 4.45. The number of hydrogen-bond donors (Lipinski definition) is 3. The van der Waals surface area contributed by atoms with Gasteiger partial charge >= 0.3 is 0 Å². The Hall–Kier alpha value is -4.06. The number of aromatic nitrogens is 2. The minimum absolute atomic E-state index is 0.0162. The smallest absolute Gasteiger partial charge is 0.279 e. The van der Waals surface area contributed by atoms with Crippen LogP contribution in [0.3, 0.4) is 0 Å².